The van der Waals surface area contributed by atoms with E-state index in [2.05, 4.69) is 4.98 Å². The van der Waals surface area contributed by atoms with Gasteiger partial charge in [0.25, 0.3) is 0 Å². The minimum Gasteiger partial charge on any atom is -0.455 e. The zero-order valence-corrected chi connectivity index (χ0v) is 17.5. The summed E-state index contributed by atoms with van der Waals surface area (Å²) in [4.78, 5) is 17.0. The van der Waals surface area contributed by atoms with Crippen molar-refractivity contribution in [1.29, 1.82) is 0 Å². The average Bonchev–Trinajstić information content (AvgIpc) is 3.32. The first-order valence-electron chi connectivity index (χ1n) is 10.3. The molecule has 162 valence electrons. The van der Waals surface area contributed by atoms with Crippen LogP contribution in [0.1, 0.15) is 30.1 Å². The number of rotatable bonds is 7. The predicted molar refractivity (Wildman–Crippen MR) is 118 cm³/mol. The molecular formula is C26H22F2N2O2. The van der Waals surface area contributed by atoms with Crippen LogP contribution in [0.5, 0.6) is 0 Å². The number of nitrogens with zero attached hydrogens (tertiary/aromatic N) is 2. The number of carbonyl (C=O) groups excluding carboxylic acids is 1. The van der Waals surface area contributed by atoms with E-state index in [1.807, 2.05) is 30.3 Å². The fourth-order valence-corrected chi connectivity index (χ4v) is 3.51. The number of imidazole rings is 1. The van der Waals surface area contributed by atoms with E-state index in [-0.39, 0.29) is 5.82 Å². The molecule has 4 nitrogen and oxygen atoms in total. The van der Waals surface area contributed by atoms with Crippen LogP contribution in [0.2, 0.25) is 0 Å². The number of ether oxygens (including phenoxy) is 1. The molecule has 3 aromatic carbocycles. The smallest absolute Gasteiger partial charge is 0.313 e. The third-order valence-electron chi connectivity index (χ3n) is 5.37. The van der Waals surface area contributed by atoms with Crippen molar-refractivity contribution < 1.29 is 18.3 Å². The Balaban J connectivity index is 1.53. The van der Waals surface area contributed by atoms with E-state index in [1.54, 1.807) is 54.5 Å². The summed E-state index contributed by atoms with van der Waals surface area (Å²) in [5.41, 5.74) is 2.42. The Labute approximate surface area is 185 Å². The molecule has 4 rings (SSSR count). The largest absolute Gasteiger partial charge is 0.455 e. The summed E-state index contributed by atoms with van der Waals surface area (Å²) < 4.78 is 35.7. The Morgan fingerprint density at radius 2 is 1.72 bits per heavy atom. The first-order valence-corrected chi connectivity index (χ1v) is 10.3. The van der Waals surface area contributed by atoms with Crippen molar-refractivity contribution in [2.24, 2.45) is 0 Å². The van der Waals surface area contributed by atoms with Crippen LogP contribution in [0.25, 0.3) is 11.1 Å². The normalized spacial score (nSPS) is 12.8. The monoisotopic (exact) mass is 432 g/mol. The van der Waals surface area contributed by atoms with E-state index in [0.29, 0.717) is 23.2 Å². The molecule has 1 aromatic heterocycles. The molecule has 0 fully saturated rings. The number of halogens is 2. The van der Waals surface area contributed by atoms with Gasteiger partial charge >= 0.3 is 5.97 Å². The quantitative estimate of drug-likeness (QED) is 0.341. The lowest BCUT2D eigenvalue weighted by molar-refractivity contribution is -0.151. The summed E-state index contributed by atoms with van der Waals surface area (Å²) in [7, 11) is 0. The Hall–Kier alpha value is -3.80. The van der Waals surface area contributed by atoms with Gasteiger partial charge < -0.3 is 9.30 Å². The van der Waals surface area contributed by atoms with Gasteiger partial charge in [0.15, 0.2) is 0 Å². The number of hydrogen-bond donors (Lipinski definition) is 0. The van der Waals surface area contributed by atoms with Crippen LogP contribution in [0.4, 0.5) is 8.78 Å². The van der Waals surface area contributed by atoms with E-state index in [4.69, 9.17) is 4.74 Å². The highest BCUT2D eigenvalue weighted by Crippen LogP contribution is 2.29. The molecule has 0 N–H and O–H groups in total. The van der Waals surface area contributed by atoms with Crippen LogP contribution in [0, 0.1) is 11.6 Å². The van der Waals surface area contributed by atoms with Gasteiger partial charge in [-0.05, 0) is 41.8 Å². The van der Waals surface area contributed by atoms with Crippen molar-refractivity contribution in [3.63, 3.8) is 0 Å². The van der Waals surface area contributed by atoms with Gasteiger partial charge in [0.05, 0.1) is 18.8 Å². The van der Waals surface area contributed by atoms with Crippen molar-refractivity contribution in [3.05, 3.63) is 114 Å². The zero-order valence-electron chi connectivity index (χ0n) is 17.5. The maximum Gasteiger partial charge on any atom is 0.313 e. The number of aromatic nitrogens is 2. The van der Waals surface area contributed by atoms with E-state index in [1.165, 1.54) is 18.2 Å². The molecule has 0 saturated heterocycles. The number of esters is 1. The zero-order chi connectivity index (χ0) is 22.5. The Bertz CT molecular complexity index is 1180. The molecule has 0 radical (unpaired) electrons. The molecule has 1 heterocycles. The highest BCUT2D eigenvalue weighted by atomic mass is 19.1. The van der Waals surface area contributed by atoms with E-state index >= 15 is 0 Å². The van der Waals surface area contributed by atoms with Gasteiger partial charge in [0.2, 0.25) is 0 Å². The number of benzene rings is 3. The van der Waals surface area contributed by atoms with Gasteiger partial charge in [-0.25, -0.2) is 13.8 Å². The highest BCUT2D eigenvalue weighted by Gasteiger charge is 2.24. The lowest BCUT2D eigenvalue weighted by Gasteiger charge is -2.21. The Morgan fingerprint density at radius 3 is 2.38 bits per heavy atom. The van der Waals surface area contributed by atoms with Gasteiger partial charge in [-0.2, -0.15) is 0 Å². The third kappa shape index (κ3) is 4.91. The summed E-state index contributed by atoms with van der Waals surface area (Å²) in [6, 6.07) is 19.8. The molecule has 1 unspecified atom stereocenters. The fourth-order valence-electron chi connectivity index (χ4n) is 3.51. The molecule has 2 atom stereocenters. The minimum absolute atomic E-state index is 0.325. The summed E-state index contributed by atoms with van der Waals surface area (Å²) in [5.74, 6) is -1.95. The standard InChI is InChI=1S/C26H22F2N2O2/c1-18(21-9-12-23(24(28)15-21)19-5-3-2-4-6-19)26(31)32-25(16-30-14-13-29-17-30)20-7-10-22(27)11-8-20/h2-15,17-18,25H,16H2,1H3/t18-,25?/m0/s1. The second-order valence-corrected chi connectivity index (χ2v) is 7.56. The van der Waals surface area contributed by atoms with Crippen molar-refractivity contribution in [3.8, 4) is 11.1 Å². The topological polar surface area (TPSA) is 44.1 Å². The van der Waals surface area contributed by atoms with Crippen molar-refractivity contribution in [2.45, 2.75) is 25.5 Å². The van der Waals surface area contributed by atoms with Crippen LogP contribution >= 0.6 is 0 Å². The van der Waals surface area contributed by atoms with Gasteiger partial charge in [0.1, 0.15) is 17.7 Å². The summed E-state index contributed by atoms with van der Waals surface area (Å²) in [6.45, 7) is 2.00. The molecule has 0 spiro atoms. The molecule has 6 heteroatoms. The van der Waals surface area contributed by atoms with Crippen molar-refractivity contribution in [2.75, 3.05) is 0 Å². The second-order valence-electron chi connectivity index (χ2n) is 7.56. The second kappa shape index (κ2) is 9.56. The van der Waals surface area contributed by atoms with Crippen molar-refractivity contribution in [1.82, 2.24) is 9.55 Å². The molecule has 0 aliphatic rings. The molecule has 0 bridgehead atoms. The fraction of sp³-hybridized carbons (Fsp3) is 0.154. The lowest BCUT2D eigenvalue weighted by atomic mass is 9.97. The average molecular weight is 432 g/mol. The molecule has 4 aromatic rings. The number of carbonyl (C=O) groups is 1. The van der Waals surface area contributed by atoms with Gasteiger partial charge in [-0.15, -0.1) is 0 Å². The molecule has 0 amide bonds. The summed E-state index contributed by atoms with van der Waals surface area (Å²) >= 11 is 0. The lowest BCUT2D eigenvalue weighted by Crippen LogP contribution is -2.20. The number of hydrogen-bond acceptors (Lipinski definition) is 3. The molecule has 0 aliphatic carbocycles. The Kier molecular flexibility index (Phi) is 6.40. The van der Waals surface area contributed by atoms with Crippen LogP contribution in [-0.4, -0.2) is 15.5 Å². The minimum atomic E-state index is -0.681. The van der Waals surface area contributed by atoms with E-state index < -0.39 is 23.8 Å². The third-order valence-corrected chi connectivity index (χ3v) is 5.37. The molecule has 32 heavy (non-hydrogen) atoms. The van der Waals surface area contributed by atoms with E-state index in [0.717, 1.165) is 5.56 Å². The van der Waals surface area contributed by atoms with Crippen LogP contribution in [-0.2, 0) is 16.1 Å². The molecular weight excluding hydrogens is 410 g/mol. The van der Waals surface area contributed by atoms with Gasteiger partial charge in [-0.1, -0.05) is 54.6 Å². The van der Waals surface area contributed by atoms with Crippen LogP contribution < -0.4 is 0 Å². The first kappa shape index (κ1) is 21.4. The van der Waals surface area contributed by atoms with E-state index in [9.17, 15) is 13.6 Å². The maximum atomic E-state index is 14.8. The van der Waals surface area contributed by atoms with Crippen LogP contribution in [0.15, 0.2) is 91.5 Å². The van der Waals surface area contributed by atoms with Gasteiger partial charge in [-0.3, -0.25) is 4.79 Å². The predicted octanol–water partition coefficient (Wildman–Crippen LogP) is 5.92. The molecule has 0 aliphatic heterocycles. The maximum absolute atomic E-state index is 14.8. The molecule has 0 saturated carbocycles. The van der Waals surface area contributed by atoms with Gasteiger partial charge in [0, 0.05) is 18.0 Å². The highest BCUT2D eigenvalue weighted by molar-refractivity contribution is 5.78. The Morgan fingerprint density at radius 1 is 1.00 bits per heavy atom. The van der Waals surface area contributed by atoms with Crippen molar-refractivity contribution >= 4 is 5.97 Å². The van der Waals surface area contributed by atoms with Crippen LogP contribution in [0.3, 0.4) is 0 Å². The SMILES string of the molecule is C[C@H](C(=O)OC(Cn1ccnc1)c1ccc(F)cc1)c1ccc(-c2ccccc2)c(F)c1. The summed E-state index contributed by atoms with van der Waals surface area (Å²) in [6.07, 6.45) is 4.35. The first-order chi connectivity index (χ1) is 15.5. The summed E-state index contributed by atoms with van der Waals surface area (Å²) in [5, 5.41) is 0.